The Hall–Kier alpha value is -3.59. The first-order chi connectivity index (χ1) is 16.4. The highest BCUT2D eigenvalue weighted by Crippen LogP contribution is 2.30. The molecular weight excluding hydrogens is 455 g/mol. The molecule has 1 amide bonds. The van der Waals surface area contributed by atoms with E-state index >= 15 is 0 Å². The van der Waals surface area contributed by atoms with E-state index in [2.05, 4.69) is 15.5 Å². The number of carbonyl (C=O) groups excluding carboxylic acids is 1. The number of furan rings is 1. The predicted molar refractivity (Wildman–Crippen MR) is 128 cm³/mol. The molecule has 0 spiro atoms. The highest BCUT2D eigenvalue weighted by Gasteiger charge is 2.23. The summed E-state index contributed by atoms with van der Waals surface area (Å²) in [6.07, 6.45) is 1.62. The Morgan fingerprint density at radius 1 is 1.15 bits per heavy atom. The molecule has 4 rings (SSSR count). The summed E-state index contributed by atoms with van der Waals surface area (Å²) >= 11 is 1.31. The predicted octanol–water partition coefficient (Wildman–Crippen LogP) is 5.09. The molecule has 2 atom stereocenters. The minimum absolute atomic E-state index is 0.155. The van der Waals surface area contributed by atoms with Crippen LogP contribution in [0, 0.1) is 5.82 Å². The summed E-state index contributed by atoms with van der Waals surface area (Å²) in [4.78, 5) is 12.9. The summed E-state index contributed by atoms with van der Waals surface area (Å²) in [5, 5.41) is 11.9. The van der Waals surface area contributed by atoms with E-state index in [9.17, 15) is 9.18 Å². The summed E-state index contributed by atoms with van der Waals surface area (Å²) in [5.41, 5.74) is 1.67. The van der Waals surface area contributed by atoms with Gasteiger partial charge >= 0.3 is 0 Å². The van der Waals surface area contributed by atoms with Gasteiger partial charge in [-0.3, -0.25) is 9.36 Å². The summed E-state index contributed by atoms with van der Waals surface area (Å²) in [6.45, 7) is 4.09. The van der Waals surface area contributed by atoms with Crippen molar-refractivity contribution in [2.24, 2.45) is 0 Å². The lowest BCUT2D eigenvalue weighted by molar-refractivity contribution is -0.120. The first kappa shape index (κ1) is 23.6. The number of carbonyl (C=O) groups is 1. The van der Waals surface area contributed by atoms with Gasteiger partial charge in [-0.1, -0.05) is 36.0 Å². The molecule has 2 aromatic heterocycles. The van der Waals surface area contributed by atoms with Gasteiger partial charge < -0.3 is 14.5 Å². The lowest BCUT2D eigenvalue weighted by Crippen LogP contribution is -2.33. The Morgan fingerprint density at radius 3 is 2.65 bits per heavy atom. The van der Waals surface area contributed by atoms with Crippen LogP contribution in [0.15, 0.2) is 76.5 Å². The number of hydrogen-bond donors (Lipinski definition) is 1. The molecule has 0 radical (unpaired) electrons. The number of amides is 1. The second-order valence-electron chi connectivity index (χ2n) is 7.75. The number of benzene rings is 2. The number of nitrogens with one attached hydrogen (secondary N) is 1. The van der Waals surface area contributed by atoms with Gasteiger partial charge in [0.15, 0.2) is 11.0 Å². The minimum atomic E-state index is -0.444. The van der Waals surface area contributed by atoms with E-state index < -0.39 is 5.25 Å². The van der Waals surface area contributed by atoms with Crippen LogP contribution in [0.3, 0.4) is 0 Å². The third kappa shape index (κ3) is 5.48. The Bertz CT molecular complexity index is 1240. The number of halogens is 1. The second kappa shape index (κ2) is 10.6. The fraction of sp³-hybridized carbons (Fsp3) is 0.240. The maximum Gasteiger partial charge on any atom is 0.233 e. The van der Waals surface area contributed by atoms with Gasteiger partial charge in [-0.25, -0.2) is 4.39 Å². The zero-order valence-electron chi connectivity index (χ0n) is 19.1. The maximum atomic E-state index is 13.2. The third-order valence-corrected chi connectivity index (χ3v) is 6.40. The molecule has 2 heterocycles. The number of ether oxygens (including phenoxy) is 1. The molecule has 34 heavy (non-hydrogen) atoms. The van der Waals surface area contributed by atoms with Gasteiger partial charge in [0.2, 0.25) is 5.91 Å². The Labute approximate surface area is 201 Å². The molecule has 4 aromatic rings. The fourth-order valence-electron chi connectivity index (χ4n) is 3.43. The molecule has 0 aliphatic rings. The van der Waals surface area contributed by atoms with Crippen LogP contribution < -0.4 is 10.1 Å². The first-order valence-electron chi connectivity index (χ1n) is 10.8. The van der Waals surface area contributed by atoms with Crippen molar-refractivity contribution < 1.29 is 18.3 Å². The second-order valence-corrected chi connectivity index (χ2v) is 9.05. The topological polar surface area (TPSA) is 82.2 Å². The quantitative estimate of drug-likeness (QED) is 0.336. The zero-order valence-corrected chi connectivity index (χ0v) is 19.9. The van der Waals surface area contributed by atoms with Crippen molar-refractivity contribution in [1.82, 2.24) is 20.1 Å². The highest BCUT2D eigenvalue weighted by molar-refractivity contribution is 8.00. The van der Waals surface area contributed by atoms with Crippen molar-refractivity contribution in [1.29, 1.82) is 0 Å². The molecule has 0 bridgehead atoms. The van der Waals surface area contributed by atoms with Crippen LogP contribution in [0.4, 0.5) is 4.39 Å². The molecule has 0 fully saturated rings. The molecule has 0 saturated heterocycles. The van der Waals surface area contributed by atoms with Crippen LogP contribution in [-0.2, 0) is 11.3 Å². The average molecular weight is 481 g/mol. The van der Waals surface area contributed by atoms with Crippen LogP contribution in [0.5, 0.6) is 5.75 Å². The third-order valence-electron chi connectivity index (χ3n) is 5.32. The molecule has 9 heteroatoms. The van der Waals surface area contributed by atoms with Gasteiger partial charge in [0, 0.05) is 5.56 Å². The lowest BCUT2D eigenvalue weighted by Gasteiger charge is -2.18. The molecule has 0 aliphatic carbocycles. The van der Waals surface area contributed by atoms with Crippen molar-refractivity contribution in [3.8, 4) is 17.1 Å². The van der Waals surface area contributed by atoms with Crippen LogP contribution in [-0.4, -0.2) is 33.0 Å². The number of aromatic nitrogens is 3. The largest absolute Gasteiger partial charge is 0.497 e. The van der Waals surface area contributed by atoms with Crippen molar-refractivity contribution >= 4 is 17.7 Å². The van der Waals surface area contributed by atoms with E-state index in [-0.39, 0.29) is 17.8 Å². The van der Waals surface area contributed by atoms with Gasteiger partial charge in [0.1, 0.15) is 17.3 Å². The minimum Gasteiger partial charge on any atom is -0.497 e. The van der Waals surface area contributed by atoms with E-state index in [0.29, 0.717) is 23.3 Å². The highest BCUT2D eigenvalue weighted by atomic mass is 32.2. The van der Waals surface area contributed by atoms with Crippen LogP contribution in [0.25, 0.3) is 11.4 Å². The van der Waals surface area contributed by atoms with E-state index in [4.69, 9.17) is 9.15 Å². The van der Waals surface area contributed by atoms with Gasteiger partial charge in [-0.05, 0) is 55.8 Å². The molecule has 0 aliphatic heterocycles. The Kier molecular flexibility index (Phi) is 7.32. The average Bonchev–Trinajstić information content (AvgIpc) is 3.50. The number of rotatable bonds is 9. The molecular formula is C25H25FN4O3S. The van der Waals surface area contributed by atoms with Gasteiger partial charge in [0.25, 0.3) is 0 Å². The molecule has 0 unspecified atom stereocenters. The Balaban J connectivity index is 1.54. The lowest BCUT2D eigenvalue weighted by atomic mass is 10.1. The summed E-state index contributed by atoms with van der Waals surface area (Å²) in [7, 11) is 1.61. The number of nitrogens with zero attached hydrogens (tertiary/aromatic N) is 3. The summed E-state index contributed by atoms with van der Waals surface area (Å²) in [6, 6.07) is 17.1. The van der Waals surface area contributed by atoms with Crippen LogP contribution >= 0.6 is 11.8 Å². The molecule has 1 N–H and O–H groups in total. The van der Waals surface area contributed by atoms with Gasteiger partial charge in [-0.15, -0.1) is 10.2 Å². The van der Waals surface area contributed by atoms with Crippen molar-refractivity contribution in [2.75, 3.05) is 7.11 Å². The first-order valence-corrected chi connectivity index (χ1v) is 11.6. The van der Waals surface area contributed by atoms with E-state index in [1.807, 2.05) is 54.8 Å². The smallest absolute Gasteiger partial charge is 0.233 e. The van der Waals surface area contributed by atoms with E-state index in [1.165, 1.54) is 23.9 Å². The number of thioether (sulfide) groups is 1. The van der Waals surface area contributed by atoms with E-state index in [0.717, 1.165) is 16.9 Å². The van der Waals surface area contributed by atoms with Crippen molar-refractivity contribution in [3.63, 3.8) is 0 Å². The van der Waals surface area contributed by atoms with Crippen LogP contribution in [0.2, 0.25) is 0 Å². The normalized spacial score (nSPS) is 12.8. The molecule has 176 valence electrons. The van der Waals surface area contributed by atoms with Crippen molar-refractivity contribution in [2.45, 2.75) is 36.8 Å². The van der Waals surface area contributed by atoms with Gasteiger partial charge in [0.05, 0.1) is 31.2 Å². The van der Waals surface area contributed by atoms with Gasteiger partial charge in [-0.2, -0.15) is 0 Å². The zero-order chi connectivity index (χ0) is 24.1. The summed E-state index contributed by atoms with van der Waals surface area (Å²) < 4.78 is 26.0. The van der Waals surface area contributed by atoms with E-state index in [1.54, 1.807) is 25.5 Å². The number of hydrogen-bond acceptors (Lipinski definition) is 6. The number of methoxy groups -OCH3 is 1. The van der Waals surface area contributed by atoms with Crippen LogP contribution in [0.1, 0.15) is 31.2 Å². The SMILES string of the molecule is COc1cccc(-c2nnc(S[C@H](C)C(=O)N[C@@H](C)c3ccc(F)cc3)n2Cc2ccco2)c1. The monoisotopic (exact) mass is 480 g/mol. The standard InChI is InChI=1S/C25H25FN4O3S/c1-16(18-9-11-20(26)12-10-18)27-24(31)17(2)34-25-29-28-23(19-6-4-7-21(14-19)32-3)30(25)15-22-8-5-13-33-22/h4-14,16-17H,15H2,1-3H3,(H,27,31)/t16-,17+/m0/s1. The fourth-order valence-corrected chi connectivity index (χ4v) is 4.29. The Morgan fingerprint density at radius 2 is 1.94 bits per heavy atom. The molecule has 0 saturated carbocycles. The maximum absolute atomic E-state index is 13.2. The summed E-state index contributed by atoms with van der Waals surface area (Å²) in [5.74, 6) is 1.63. The molecule has 2 aromatic carbocycles. The van der Waals surface area contributed by atoms with Crippen molar-refractivity contribution in [3.05, 3.63) is 84.1 Å². The molecule has 7 nitrogen and oxygen atoms in total.